The van der Waals surface area contributed by atoms with Crippen molar-refractivity contribution in [2.24, 2.45) is 5.73 Å². The Kier molecular flexibility index (Phi) is 6.71. The van der Waals surface area contributed by atoms with Gasteiger partial charge in [-0.3, -0.25) is 4.90 Å². The van der Waals surface area contributed by atoms with Crippen molar-refractivity contribution in [2.75, 3.05) is 46.3 Å². The summed E-state index contributed by atoms with van der Waals surface area (Å²) in [5.74, 6) is 0. The van der Waals surface area contributed by atoms with E-state index < -0.39 is 5.60 Å². The summed E-state index contributed by atoms with van der Waals surface area (Å²) in [6.07, 6.45) is 0.766. The van der Waals surface area contributed by atoms with Crippen LogP contribution in [0, 0.1) is 0 Å². The van der Waals surface area contributed by atoms with Gasteiger partial charge < -0.3 is 20.7 Å². The topological polar surface area (TPSA) is 70.8 Å². The first-order chi connectivity index (χ1) is 9.31. The van der Waals surface area contributed by atoms with Crippen molar-refractivity contribution in [1.82, 2.24) is 15.1 Å². The molecule has 1 atom stereocenters. The molecular weight excluding hydrogens is 256 g/mol. The molecule has 0 radical (unpaired) electrons. The van der Waals surface area contributed by atoms with Crippen molar-refractivity contribution < 1.29 is 9.53 Å². The van der Waals surface area contributed by atoms with Crippen LogP contribution in [-0.2, 0) is 4.74 Å². The molecule has 1 rings (SSSR count). The minimum atomic E-state index is -0.465. The van der Waals surface area contributed by atoms with Gasteiger partial charge in [0.25, 0.3) is 0 Å². The number of nitrogens with two attached hydrogens (primary N) is 1. The number of nitrogens with zero attached hydrogens (tertiary/aromatic N) is 2. The van der Waals surface area contributed by atoms with Gasteiger partial charge in [-0.05, 0) is 47.3 Å². The molecule has 1 aliphatic rings. The first kappa shape index (κ1) is 17.2. The van der Waals surface area contributed by atoms with E-state index in [1.807, 2.05) is 20.8 Å². The maximum absolute atomic E-state index is 11.7. The molecule has 118 valence electrons. The third-order valence-corrected chi connectivity index (χ3v) is 3.42. The second kappa shape index (κ2) is 7.81. The predicted molar refractivity (Wildman–Crippen MR) is 80.8 cm³/mol. The van der Waals surface area contributed by atoms with E-state index in [-0.39, 0.29) is 12.1 Å². The van der Waals surface area contributed by atoms with E-state index in [0.29, 0.717) is 13.1 Å². The third kappa shape index (κ3) is 6.54. The highest BCUT2D eigenvalue weighted by molar-refractivity contribution is 5.67. The van der Waals surface area contributed by atoms with Crippen LogP contribution in [0.15, 0.2) is 0 Å². The van der Waals surface area contributed by atoms with Gasteiger partial charge >= 0.3 is 6.09 Å². The predicted octanol–water partition coefficient (Wildman–Crippen LogP) is 0.476. The maximum atomic E-state index is 11.7. The molecule has 0 spiro atoms. The molecule has 6 heteroatoms. The Morgan fingerprint density at radius 2 is 2.00 bits per heavy atom. The van der Waals surface area contributed by atoms with Gasteiger partial charge in [-0.15, -0.1) is 0 Å². The Labute approximate surface area is 122 Å². The molecule has 0 aromatic rings. The lowest BCUT2D eigenvalue weighted by molar-refractivity contribution is 0.0508. The van der Waals surface area contributed by atoms with Gasteiger partial charge in [-0.2, -0.15) is 0 Å². The molecule has 3 N–H and O–H groups in total. The number of alkyl carbamates (subject to hydrolysis) is 1. The zero-order valence-corrected chi connectivity index (χ0v) is 13.3. The molecule has 0 bridgehead atoms. The summed E-state index contributed by atoms with van der Waals surface area (Å²) in [5.41, 5.74) is 5.39. The largest absolute Gasteiger partial charge is 0.444 e. The third-order valence-electron chi connectivity index (χ3n) is 3.42. The van der Waals surface area contributed by atoms with E-state index in [4.69, 9.17) is 10.5 Å². The number of carbonyl (C=O) groups excluding carboxylic acids is 1. The maximum Gasteiger partial charge on any atom is 0.407 e. The highest BCUT2D eigenvalue weighted by Crippen LogP contribution is 2.08. The van der Waals surface area contributed by atoms with Crippen molar-refractivity contribution in [2.45, 2.75) is 38.8 Å². The molecule has 6 nitrogen and oxygen atoms in total. The lowest BCUT2D eigenvalue weighted by Gasteiger charge is -2.30. The molecule has 20 heavy (non-hydrogen) atoms. The molecule has 1 unspecified atom stereocenters. The number of ether oxygens (including phenoxy) is 1. The average molecular weight is 286 g/mol. The number of rotatable bonds is 4. The Balaban J connectivity index is 2.40. The van der Waals surface area contributed by atoms with Gasteiger partial charge in [0.2, 0.25) is 0 Å². The van der Waals surface area contributed by atoms with Gasteiger partial charge in [0.05, 0.1) is 0 Å². The summed E-state index contributed by atoms with van der Waals surface area (Å²) in [6.45, 7) is 10.8. The summed E-state index contributed by atoms with van der Waals surface area (Å²) >= 11 is 0. The van der Waals surface area contributed by atoms with Gasteiger partial charge in [0.15, 0.2) is 0 Å². The van der Waals surface area contributed by atoms with Gasteiger partial charge in [-0.25, -0.2) is 4.79 Å². The van der Waals surface area contributed by atoms with E-state index in [0.717, 1.165) is 32.6 Å². The second-order valence-electron chi connectivity index (χ2n) is 6.47. The van der Waals surface area contributed by atoms with Crippen LogP contribution in [0.3, 0.4) is 0 Å². The minimum Gasteiger partial charge on any atom is -0.444 e. The van der Waals surface area contributed by atoms with Crippen LogP contribution in [0.1, 0.15) is 27.2 Å². The number of likely N-dealkylation sites (N-methyl/N-ethyl adjacent to an activating group) is 1. The van der Waals surface area contributed by atoms with Gasteiger partial charge in [-0.1, -0.05) is 0 Å². The normalized spacial score (nSPS) is 20.2. The van der Waals surface area contributed by atoms with Crippen LogP contribution in [0.2, 0.25) is 0 Å². The van der Waals surface area contributed by atoms with Crippen molar-refractivity contribution >= 4 is 6.09 Å². The van der Waals surface area contributed by atoms with E-state index in [1.165, 1.54) is 0 Å². The number of amides is 1. The molecule has 1 heterocycles. The summed E-state index contributed by atoms with van der Waals surface area (Å²) in [4.78, 5) is 16.4. The minimum absolute atomic E-state index is 0.175. The van der Waals surface area contributed by atoms with Gasteiger partial charge in [0, 0.05) is 32.2 Å². The Bertz CT molecular complexity index is 304. The lowest BCUT2D eigenvalue weighted by atomic mass is 10.2. The standard InChI is InChI=1S/C14H30N4O2/c1-14(2,3)20-13(19)16-11-12(10-15)18-7-5-6-17(4)8-9-18/h12H,5-11,15H2,1-4H3,(H,16,19). The second-order valence-corrected chi connectivity index (χ2v) is 6.47. The molecule has 0 aromatic heterocycles. The number of nitrogens with one attached hydrogen (secondary N) is 1. The quantitative estimate of drug-likeness (QED) is 0.786. The fraction of sp³-hybridized carbons (Fsp3) is 0.929. The van der Waals surface area contributed by atoms with Crippen molar-refractivity contribution in [3.63, 3.8) is 0 Å². The molecule has 1 saturated heterocycles. The summed E-state index contributed by atoms with van der Waals surface area (Å²) in [7, 11) is 2.14. The smallest absolute Gasteiger partial charge is 0.407 e. The van der Waals surface area contributed by atoms with Crippen LogP contribution in [0.25, 0.3) is 0 Å². The van der Waals surface area contributed by atoms with Crippen LogP contribution < -0.4 is 11.1 Å². The molecule has 0 saturated carbocycles. The van der Waals surface area contributed by atoms with Crippen molar-refractivity contribution in [1.29, 1.82) is 0 Å². The summed E-state index contributed by atoms with van der Waals surface area (Å²) in [5, 5.41) is 2.82. The fourth-order valence-corrected chi connectivity index (χ4v) is 2.31. The van der Waals surface area contributed by atoms with Crippen LogP contribution >= 0.6 is 0 Å². The first-order valence-corrected chi connectivity index (χ1v) is 7.41. The Hall–Kier alpha value is -0.850. The van der Waals surface area contributed by atoms with Gasteiger partial charge in [0.1, 0.15) is 5.60 Å². The monoisotopic (exact) mass is 286 g/mol. The van der Waals surface area contributed by atoms with E-state index in [2.05, 4.69) is 22.2 Å². The summed E-state index contributed by atoms with van der Waals surface area (Å²) in [6, 6.07) is 0.175. The first-order valence-electron chi connectivity index (χ1n) is 7.41. The van der Waals surface area contributed by atoms with E-state index >= 15 is 0 Å². The average Bonchev–Trinajstić information content (AvgIpc) is 2.53. The van der Waals surface area contributed by atoms with E-state index in [9.17, 15) is 4.79 Å². The zero-order chi connectivity index (χ0) is 15.2. The molecule has 0 aromatic carbocycles. The molecule has 1 amide bonds. The van der Waals surface area contributed by atoms with Crippen molar-refractivity contribution in [3.8, 4) is 0 Å². The molecule has 0 aliphatic carbocycles. The number of hydrogen-bond donors (Lipinski definition) is 2. The van der Waals surface area contributed by atoms with Crippen molar-refractivity contribution in [3.05, 3.63) is 0 Å². The molecular formula is C14H30N4O2. The number of hydrogen-bond acceptors (Lipinski definition) is 5. The zero-order valence-electron chi connectivity index (χ0n) is 13.3. The van der Waals surface area contributed by atoms with Crippen LogP contribution in [-0.4, -0.2) is 73.9 Å². The Morgan fingerprint density at radius 3 is 2.60 bits per heavy atom. The molecule has 1 fully saturated rings. The lowest BCUT2D eigenvalue weighted by Crippen LogP contribution is -2.49. The highest BCUT2D eigenvalue weighted by Gasteiger charge is 2.22. The Morgan fingerprint density at radius 1 is 1.30 bits per heavy atom. The number of carbonyl (C=O) groups is 1. The SMILES string of the molecule is CN1CCCN(C(CN)CNC(=O)OC(C)(C)C)CC1. The highest BCUT2D eigenvalue weighted by atomic mass is 16.6. The fourth-order valence-electron chi connectivity index (χ4n) is 2.31. The summed E-state index contributed by atoms with van der Waals surface area (Å²) < 4.78 is 5.24. The van der Waals surface area contributed by atoms with E-state index in [1.54, 1.807) is 0 Å². The van der Waals surface area contributed by atoms with Crippen LogP contribution in [0.4, 0.5) is 4.79 Å². The van der Waals surface area contributed by atoms with Crippen LogP contribution in [0.5, 0.6) is 0 Å². The molecule has 1 aliphatic heterocycles.